The first-order valence-electron chi connectivity index (χ1n) is 10.3. The van der Waals surface area contributed by atoms with Crippen LogP contribution < -0.4 is 26.0 Å². The zero-order valence-corrected chi connectivity index (χ0v) is 18.1. The Morgan fingerprint density at radius 3 is 2.97 bits per heavy atom. The molecule has 2 aliphatic rings. The van der Waals surface area contributed by atoms with Crippen LogP contribution >= 0.6 is 0 Å². The lowest BCUT2D eigenvalue weighted by Gasteiger charge is -2.25. The van der Waals surface area contributed by atoms with Crippen LogP contribution in [0.25, 0.3) is 0 Å². The quantitative estimate of drug-likeness (QED) is 0.539. The molecular weight excluding hydrogens is 415 g/mol. The molecule has 0 saturated heterocycles. The number of amides is 1. The number of rotatable bonds is 6. The van der Waals surface area contributed by atoms with Gasteiger partial charge in [0, 0.05) is 18.3 Å². The van der Waals surface area contributed by atoms with Gasteiger partial charge in [0.15, 0.2) is 11.6 Å². The third-order valence-corrected chi connectivity index (χ3v) is 4.95. The number of hydrogen-bond acceptors (Lipinski definition) is 8. The average Bonchev–Trinajstić information content (AvgIpc) is 2.77. The summed E-state index contributed by atoms with van der Waals surface area (Å²) in [5.74, 6) is 0.683. The van der Waals surface area contributed by atoms with Crippen molar-refractivity contribution in [3.8, 4) is 5.75 Å². The highest BCUT2D eigenvalue weighted by Crippen LogP contribution is 2.33. The van der Waals surface area contributed by atoms with Crippen molar-refractivity contribution in [3.05, 3.63) is 53.4 Å². The maximum absolute atomic E-state index is 14.4. The van der Waals surface area contributed by atoms with E-state index in [9.17, 15) is 9.18 Å². The molecule has 2 heterocycles. The van der Waals surface area contributed by atoms with Gasteiger partial charge in [-0.2, -0.15) is 4.98 Å². The molecule has 1 atom stereocenters. The Labute approximate surface area is 185 Å². The van der Waals surface area contributed by atoms with E-state index in [0.29, 0.717) is 42.2 Å². The van der Waals surface area contributed by atoms with Crippen LogP contribution in [0.5, 0.6) is 5.75 Å². The predicted molar refractivity (Wildman–Crippen MR) is 119 cm³/mol. The lowest BCUT2D eigenvalue weighted by atomic mass is 10.1. The summed E-state index contributed by atoms with van der Waals surface area (Å²) in [5.41, 5.74) is 2.68. The van der Waals surface area contributed by atoms with Crippen LogP contribution in [-0.4, -0.2) is 35.6 Å². The number of nitrogens with one attached hydrogen (secondary N) is 4. The van der Waals surface area contributed by atoms with Crippen LogP contribution in [0.15, 0.2) is 47.6 Å². The summed E-state index contributed by atoms with van der Waals surface area (Å²) < 4.78 is 25.6. The number of ether oxygens (including phenoxy) is 2. The number of halogens is 1. The molecule has 32 heavy (non-hydrogen) atoms. The summed E-state index contributed by atoms with van der Waals surface area (Å²) in [4.78, 5) is 20.0. The third kappa shape index (κ3) is 4.74. The standard InChI is InChI=1S/C22H25FN6O3/c1-12-10-24-17-9-14(7-8-18(17)32-12)27-21-15(23)11-25-22(29-21)28-16-5-4-6-19(31-3)20(16)26-13(2)30/h6-9,11-12,24H,4-5,10H2,1-3H3,(H,26,30)(H2,25,27,28,29). The second-order valence-electron chi connectivity index (χ2n) is 7.51. The highest BCUT2D eigenvalue weighted by atomic mass is 19.1. The van der Waals surface area contributed by atoms with Crippen LogP contribution in [0.2, 0.25) is 0 Å². The molecule has 1 amide bonds. The number of aromatic nitrogens is 2. The second kappa shape index (κ2) is 9.13. The van der Waals surface area contributed by atoms with E-state index >= 15 is 0 Å². The van der Waals surface area contributed by atoms with E-state index in [1.54, 1.807) is 6.07 Å². The van der Waals surface area contributed by atoms with Gasteiger partial charge in [0.2, 0.25) is 11.9 Å². The van der Waals surface area contributed by atoms with Crippen molar-refractivity contribution < 1.29 is 18.7 Å². The average molecular weight is 440 g/mol. The number of hydrogen-bond donors (Lipinski definition) is 4. The van der Waals surface area contributed by atoms with Gasteiger partial charge in [-0.3, -0.25) is 4.79 Å². The first-order valence-corrected chi connectivity index (χ1v) is 10.3. The summed E-state index contributed by atoms with van der Waals surface area (Å²) in [7, 11) is 1.53. The molecule has 1 unspecified atom stereocenters. The number of carbonyl (C=O) groups is 1. The van der Waals surface area contributed by atoms with Gasteiger partial charge in [0.25, 0.3) is 0 Å². The minimum atomic E-state index is -0.594. The van der Waals surface area contributed by atoms with Crippen molar-refractivity contribution in [2.45, 2.75) is 32.8 Å². The van der Waals surface area contributed by atoms with E-state index in [-0.39, 0.29) is 23.8 Å². The van der Waals surface area contributed by atoms with Gasteiger partial charge >= 0.3 is 0 Å². The molecule has 0 spiro atoms. The van der Waals surface area contributed by atoms with Gasteiger partial charge in [-0.1, -0.05) is 0 Å². The lowest BCUT2D eigenvalue weighted by Crippen LogP contribution is -2.27. The fourth-order valence-corrected chi connectivity index (χ4v) is 3.49. The van der Waals surface area contributed by atoms with Gasteiger partial charge in [0.05, 0.1) is 25.5 Å². The van der Waals surface area contributed by atoms with Gasteiger partial charge in [-0.05, 0) is 44.0 Å². The van der Waals surface area contributed by atoms with Gasteiger partial charge < -0.3 is 30.7 Å². The fourth-order valence-electron chi connectivity index (χ4n) is 3.49. The summed E-state index contributed by atoms with van der Waals surface area (Å²) in [5, 5.41) is 12.1. The van der Waals surface area contributed by atoms with Crippen molar-refractivity contribution in [3.63, 3.8) is 0 Å². The van der Waals surface area contributed by atoms with Gasteiger partial charge in [0.1, 0.15) is 23.3 Å². The maximum atomic E-state index is 14.4. The molecule has 4 N–H and O–H groups in total. The van der Waals surface area contributed by atoms with E-state index in [1.165, 1.54) is 14.0 Å². The summed E-state index contributed by atoms with van der Waals surface area (Å²) in [6, 6.07) is 5.45. The van der Waals surface area contributed by atoms with Gasteiger partial charge in [-0.15, -0.1) is 0 Å². The lowest BCUT2D eigenvalue weighted by molar-refractivity contribution is -0.118. The topological polar surface area (TPSA) is 109 Å². The molecule has 0 saturated carbocycles. The predicted octanol–water partition coefficient (Wildman–Crippen LogP) is 3.64. The minimum absolute atomic E-state index is 0.0209. The fraction of sp³-hybridized carbons (Fsp3) is 0.318. The molecule has 1 aliphatic carbocycles. The Bertz CT molecular complexity index is 1100. The van der Waals surface area contributed by atoms with E-state index < -0.39 is 5.82 Å². The minimum Gasteiger partial charge on any atom is -0.495 e. The highest BCUT2D eigenvalue weighted by Gasteiger charge is 2.20. The Hall–Kier alpha value is -3.82. The summed E-state index contributed by atoms with van der Waals surface area (Å²) >= 11 is 0. The zero-order valence-electron chi connectivity index (χ0n) is 18.1. The Balaban J connectivity index is 1.57. The van der Waals surface area contributed by atoms with Crippen LogP contribution in [0, 0.1) is 5.82 Å². The zero-order chi connectivity index (χ0) is 22.7. The largest absolute Gasteiger partial charge is 0.495 e. The van der Waals surface area contributed by atoms with Gasteiger partial charge in [-0.25, -0.2) is 9.37 Å². The number of methoxy groups -OCH3 is 1. The second-order valence-corrected chi connectivity index (χ2v) is 7.51. The number of allylic oxidation sites excluding steroid dienone is 2. The van der Waals surface area contributed by atoms with Crippen LogP contribution in [-0.2, 0) is 9.53 Å². The van der Waals surface area contributed by atoms with Crippen LogP contribution in [0.4, 0.5) is 27.5 Å². The number of nitrogens with zero attached hydrogens (tertiary/aromatic N) is 2. The molecular formula is C22H25FN6O3. The third-order valence-electron chi connectivity index (χ3n) is 4.95. The first-order chi connectivity index (χ1) is 15.4. The number of carbonyl (C=O) groups excluding carboxylic acids is 1. The molecule has 0 fully saturated rings. The number of anilines is 4. The SMILES string of the molecule is COC1=CCCC(Nc2ncc(F)c(Nc3ccc4c(c3)NCC(C)O4)n2)=C1NC(C)=O. The van der Waals surface area contributed by atoms with Crippen LogP contribution in [0.1, 0.15) is 26.7 Å². The maximum Gasteiger partial charge on any atom is 0.229 e. The van der Waals surface area contributed by atoms with Crippen molar-refractivity contribution in [1.29, 1.82) is 0 Å². The van der Waals surface area contributed by atoms with Crippen LogP contribution in [0.3, 0.4) is 0 Å². The van der Waals surface area contributed by atoms with E-state index in [1.807, 2.05) is 25.1 Å². The highest BCUT2D eigenvalue weighted by molar-refractivity contribution is 5.76. The number of fused-ring (bicyclic) bond motifs is 1. The molecule has 2 aromatic rings. The molecule has 9 nitrogen and oxygen atoms in total. The Kier molecular flexibility index (Phi) is 6.11. The summed E-state index contributed by atoms with van der Waals surface area (Å²) in [6.07, 6.45) is 4.39. The molecule has 0 bridgehead atoms. The van der Waals surface area contributed by atoms with Crippen molar-refractivity contribution in [2.24, 2.45) is 0 Å². The monoisotopic (exact) mass is 440 g/mol. The van der Waals surface area contributed by atoms with E-state index in [4.69, 9.17) is 9.47 Å². The molecule has 0 radical (unpaired) electrons. The van der Waals surface area contributed by atoms with E-state index in [2.05, 4.69) is 31.2 Å². The molecule has 1 aromatic carbocycles. The van der Waals surface area contributed by atoms with E-state index in [0.717, 1.165) is 17.6 Å². The van der Waals surface area contributed by atoms with Crippen molar-refractivity contribution in [1.82, 2.24) is 15.3 Å². The molecule has 1 aliphatic heterocycles. The molecule has 168 valence electrons. The smallest absolute Gasteiger partial charge is 0.229 e. The van der Waals surface area contributed by atoms with Crippen molar-refractivity contribution >= 4 is 29.0 Å². The molecule has 10 heteroatoms. The first kappa shape index (κ1) is 21.4. The van der Waals surface area contributed by atoms with Crippen molar-refractivity contribution in [2.75, 3.05) is 29.6 Å². The Morgan fingerprint density at radius 2 is 2.19 bits per heavy atom. The summed E-state index contributed by atoms with van der Waals surface area (Å²) in [6.45, 7) is 4.09. The Morgan fingerprint density at radius 1 is 1.34 bits per heavy atom. The normalized spacial score (nSPS) is 17.4. The molecule has 4 rings (SSSR count). The number of benzene rings is 1. The molecule has 1 aromatic heterocycles.